The first kappa shape index (κ1) is 23.1. The van der Waals surface area contributed by atoms with Crippen molar-refractivity contribution in [2.75, 3.05) is 39.3 Å². The summed E-state index contributed by atoms with van der Waals surface area (Å²) in [6.45, 7) is 6.67. The average molecular weight is 448 g/mol. The number of carbonyl (C=O) groups excluding carboxylic acids is 1. The van der Waals surface area contributed by atoms with Gasteiger partial charge in [0, 0.05) is 26.2 Å². The van der Waals surface area contributed by atoms with Crippen molar-refractivity contribution in [3.05, 3.63) is 23.4 Å². The molecule has 1 unspecified atom stereocenters. The second kappa shape index (κ2) is 10.5. The highest BCUT2D eigenvalue weighted by molar-refractivity contribution is 7.13. The van der Waals surface area contributed by atoms with Crippen LogP contribution in [-0.4, -0.2) is 65.1 Å². The van der Waals surface area contributed by atoms with E-state index in [1.165, 1.54) is 12.8 Å². The molecule has 2 fully saturated rings. The Kier molecular flexibility index (Phi) is 8.70. The van der Waals surface area contributed by atoms with Gasteiger partial charge in [-0.25, -0.2) is 0 Å². The second-order valence-electron chi connectivity index (χ2n) is 7.10. The maximum absolute atomic E-state index is 12.3. The van der Waals surface area contributed by atoms with Crippen LogP contribution in [0.3, 0.4) is 0 Å². The first-order valence-corrected chi connectivity index (χ1v) is 10.2. The lowest BCUT2D eigenvalue weighted by molar-refractivity contribution is -0.132. The SMILES string of the molecule is CC(c1nc(-c2cccs2)no1)N1CCN(C(=O)CNCC2CC2)CC1.Cl.Cl. The van der Waals surface area contributed by atoms with E-state index in [1.54, 1.807) is 11.3 Å². The molecule has 1 aliphatic carbocycles. The van der Waals surface area contributed by atoms with E-state index in [2.05, 4.69) is 27.3 Å². The number of amides is 1. The highest BCUT2D eigenvalue weighted by atomic mass is 35.5. The predicted octanol–water partition coefficient (Wildman–Crippen LogP) is 2.85. The molecule has 4 rings (SSSR count). The number of hydrogen-bond donors (Lipinski definition) is 1. The van der Waals surface area contributed by atoms with Crippen LogP contribution in [0.15, 0.2) is 22.0 Å². The zero-order valence-corrected chi connectivity index (χ0v) is 18.3. The fourth-order valence-electron chi connectivity index (χ4n) is 3.24. The quantitative estimate of drug-likeness (QED) is 0.702. The van der Waals surface area contributed by atoms with Gasteiger partial charge in [-0.1, -0.05) is 11.2 Å². The van der Waals surface area contributed by atoms with Gasteiger partial charge in [0.05, 0.1) is 17.5 Å². The summed E-state index contributed by atoms with van der Waals surface area (Å²) in [4.78, 5) is 22.1. The van der Waals surface area contributed by atoms with Gasteiger partial charge in [-0.15, -0.1) is 36.2 Å². The molecular weight excluding hydrogens is 421 g/mol. The topological polar surface area (TPSA) is 74.5 Å². The number of halogens is 2. The minimum Gasteiger partial charge on any atom is -0.339 e. The number of nitrogens with one attached hydrogen (secondary N) is 1. The Morgan fingerprint density at radius 3 is 2.71 bits per heavy atom. The second-order valence-corrected chi connectivity index (χ2v) is 8.05. The van der Waals surface area contributed by atoms with E-state index in [9.17, 15) is 4.79 Å². The van der Waals surface area contributed by atoms with Gasteiger partial charge in [0.15, 0.2) is 0 Å². The monoisotopic (exact) mass is 447 g/mol. The van der Waals surface area contributed by atoms with Crippen LogP contribution >= 0.6 is 36.2 Å². The molecule has 2 aromatic heterocycles. The van der Waals surface area contributed by atoms with Crippen LogP contribution in [-0.2, 0) is 4.79 Å². The molecule has 1 atom stereocenters. The summed E-state index contributed by atoms with van der Waals surface area (Å²) in [6, 6.07) is 4.03. The molecule has 1 saturated heterocycles. The Balaban J connectivity index is 0.00000140. The highest BCUT2D eigenvalue weighted by Crippen LogP contribution is 2.27. The summed E-state index contributed by atoms with van der Waals surface area (Å²) in [5.74, 6) is 2.29. The summed E-state index contributed by atoms with van der Waals surface area (Å²) >= 11 is 1.60. The van der Waals surface area contributed by atoms with Crippen LogP contribution in [0.5, 0.6) is 0 Å². The van der Waals surface area contributed by atoms with Crippen molar-refractivity contribution in [2.45, 2.75) is 25.8 Å². The van der Waals surface area contributed by atoms with Crippen LogP contribution in [0.25, 0.3) is 10.7 Å². The van der Waals surface area contributed by atoms with Gasteiger partial charge in [-0.05, 0) is 43.7 Å². The minimum absolute atomic E-state index is 0. The van der Waals surface area contributed by atoms with E-state index >= 15 is 0 Å². The van der Waals surface area contributed by atoms with E-state index < -0.39 is 0 Å². The first-order chi connectivity index (χ1) is 12.7. The highest BCUT2D eigenvalue weighted by Gasteiger charge is 2.28. The van der Waals surface area contributed by atoms with Gasteiger partial charge in [0.1, 0.15) is 0 Å². The van der Waals surface area contributed by atoms with Crippen molar-refractivity contribution in [3.63, 3.8) is 0 Å². The summed E-state index contributed by atoms with van der Waals surface area (Å²) in [6.07, 6.45) is 2.61. The molecule has 1 amide bonds. The zero-order valence-electron chi connectivity index (χ0n) is 15.9. The number of hydrogen-bond acceptors (Lipinski definition) is 7. The summed E-state index contributed by atoms with van der Waals surface area (Å²) in [5.41, 5.74) is 0. The zero-order chi connectivity index (χ0) is 17.9. The van der Waals surface area contributed by atoms with Gasteiger partial charge < -0.3 is 14.7 Å². The van der Waals surface area contributed by atoms with E-state index in [0.717, 1.165) is 43.5 Å². The maximum Gasteiger partial charge on any atom is 0.244 e. The Morgan fingerprint density at radius 2 is 2.07 bits per heavy atom. The van der Waals surface area contributed by atoms with E-state index in [0.29, 0.717) is 18.3 Å². The molecule has 156 valence electrons. The Hall–Kier alpha value is -1.19. The molecule has 1 N–H and O–H groups in total. The minimum atomic E-state index is 0. The molecule has 3 heterocycles. The molecule has 0 radical (unpaired) electrons. The molecule has 0 aromatic carbocycles. The number of carbonyl (C=O) groups is 1. The van der Waals surface area contributed by atoms with Crippen molar-refractivity contribution >= 4 is 42.1 Å². The standard InChI is InChI=1S/C18H25N5O2S.2ClH/c1-13(18-20-17(21-25-18)15-3-2-10-26-15)22-6-8-23(9-7-22)16(24)12-19-11-14-4-5-14;;/h2-3,10,13-14,19H,4-9,11-12H2,1H3;2*1H. The first-order valence-electron chi connectivity index (χ1n) is 9.30. The van der Waals surface area contributed by atoms with Gasteiger partial charge in [0.2, 0.25) is 17.6 Å². The maximum atomic E-state index is 12.3. The molecule has 2 aromatic rings. The molecule has 1 saturated carbocycles. The number of aromatic nitrogens is 2. The summed E-state index contributed by atoms with van der Waals surface area (Å²) < 4.78 is 5.47. The molecule has 10 heteroatoms. The molecule has 28 heavy (non-hydrogen) atoms. The van der Waals surface area contributed by atoms with E-state index in [1.807, 2.05) is 22.4 Å². The van der Waals surface area contributed by atoms with Crippen molar-refractivity contribution in [2.24, 2.45) is 5.92 Å². The van der Waals surface area contributed by atoms with Crippen molar-refractivity contribution < 1.29 is 9.32 Å². The average Bonchev–Trinajstić information content (AvgIpc) is 3.14. The number of thiophene rings is 1. The predicted molar refractivity (Wildman–Crippen MR) is 114 cm³/mol. The smallest absolute Gasteiger partial charge is 0.244 e. The van der Waals surface area contributed by atoms with Gasteiger partial charge in [-0.2, -0.15) is 4.98 Å². The van der Waals surface area contributed by atoms with Gasteiger partial charge >= 0.3 is 0 Å². The van der Waals surface area contributed by atoms with Gasteiger partial charge in [-0.3, -0.25) is 9.69 Å². The third kappa shape index (κ3) is 5.67. The van der Waals surface area contributed by atoms with E-state index in [4.69, 9.17) is 4.52 Å². The molecule has 0 spiro atoms. The largest absolute Gasteiger partial charge is 0.339 e. The van der Waals surface area contributed by atoms with E-state index in [-0.39, 0.29) is 36.8 Å². The van der Waals surface area contributed by atoms with Crippen molar-refractivity contribution in [3.8, 4) is 10.7 Å². The fraction of sp³-hybridized carbons (Fsp3) is 0.611. The molecule has 7 nitrogen and oxygen atoms in total. The van der Waals surface area contributed by atoms with Crippen LogP contribution in [0.2, 0.25) is 0 Å². The van der Waals surface area contributed by atoms with Crippen LogP contribution in [0.1, 0.15) is 31.7 Å². The summed E-state index contributed by atoms with van der Waals surface area (Å²) in [5, 5.41) is 9.38. The van der Waals surface area contributed by atoms with Crippen molar-refractivity contribution in [1.82, 2.24) is 25.3 Å². The van der Waals surface area contributed by atoms with Crippen molar-refractivity contribution in [1.29, 1.82) is 0 Å². The third-order valence-corrected chi connectivity index (χ3v) is 6.03. The van der Waals surface area contributed by atoms with Crippen LogP contribution in [0, 0.1) is 5.92 Å². The number of piperazine rings is 1. The lowest BCUT2D eigenvalue weighted by Gasteiger charge is -2.36. The lowest BCUT2D eigenvalue weighted by atomic mass is 10.2. The molecule has 1 aliphatic heterocycles. The normalized spacial score (nSPS) is 18.2. The molecular formula is C18H27Cl2N5O2S. The Labute approximate surface area is 181 Å². The van der Waals surface area contributed by atoms with Gasteiger partial charge in [0.25, 0.3) is 0 Å². The lowest BCUT2D eigenvalue weighted by Crippen LogP contribution is -2.51. The number of nitrogens with zero attached hydrogens (tertiary/aromatic N) is 4. The number of rotatable bonds is 7. The van der Waals surface area contributed by atoms with Crippen LogP contribution < -0.4 is 5.32 Å². The Bertz CT molecular complexity index is 730. The third-order valence-electron chi connectivity index (χ3n) is 5.16. The summed E-state index contributed by atoms with van der Waals surface area (Å²) in [7, 11) is 0. The fourth-order valence-corrected chi connectivity index (χ4v) is 3.89. The Morgan fingerprint density at radius 1 is 1.32 bits per heavy atom. The molecule has 0 bridgehead atoms. The van der Waals surface area contributed by atoms with Crippen LogP contribution in [0.4, 0.5) is 0 Å². The molecule has 2 aliphatic rings.